The molecule has 4 nitrogen and oxygen atoms in total. The Balaban J connectivity index is 4.60. The number of hydrogen-bond acceptors (Lipinski definition) is 4. The van der Waals surface area contributed by atoms with Gasteiger partial charge in [0.1, 0.15) is 0 Å². The van der Waals surface area contributed by atoms with Crippen molar-refractivity contribution in [3.63, 3.8) is 0 Å². The lowest BCUT2D eigenvalue weighted by atomic mass is 9.93. The van der Waals surface area contributed by atoms with Crippen LogP contribution in [0.5, 0.6) is 0 Å². The Bertz CT molecular complexity index is 222. The largest absolute Gasteiger partial charge is 0.466 e. The summed E-state index contributed by atoms with van der Waals surface area (Å²) in [5, 5.41) is 8.50. The normalized spacial score (nSPS) is 13.9. The van der Waals surface area contributed by atoms with Crippen LogP contribution in [-0.4, -0.2) is 18.7 Å². The molecule has 14 heavy (non-hydrogen) atoms. The highest BCUT2D eigenvalue weighted by atomic mass is 16.6. The van der Waals surface area contributed by atoms with Gasteiger partial charge in [-0.25, -0.2) is 4.79 Å². The Labute approximate surface area is 84.8 Å². The van der Waals surface area contributed by atoms with Gasteiger partial charge in [-0.05, 0) is 19.3 Å². The van der Waals surface area contributed by atoms with Crippen LogP contribution in [0.2, 0.25) is 0 Å². The molecule has 4 heteroatoms. The van der Waals surface area contributed by atoms with Gasteiger partial charge >= 0.3 is 5.97 Å². The van der Waals surface area contributed by atoms with Crippen LogP contribution in [0.25, 0.3) is 0 Å². The van der Waals surface area contributed by atoms with Crippen molar-refractivity contribution < 1.29 is 14.3 Å². The predicted octanol–water partition coefficient (Wildman–Crippen LogP) is 2.00. The Morgan fingerprint density at radius 1 is 1.50 bits per heavy atom. The van der Waals surface area contributed by atoms with Gasteiger partial charge in [0.25, 0.3) is 6.26 Å². The van der Waals surface area contributed by atoms with E-state index in [0.717, 1.165) is 12.8 Å². The summed E-state index contributed by atoms with van der Waals surface area (Å²) in [5.41, 5.74) is -1.07. The highest BCUT2D eigenvalue weighted by Crippen LogP contribution is 2.24. The van der Waals surface area contributed by atoms with Gasteiger partial charge in [0.2, 0.25) is 5.60 Å². The smallest absolute Gasteiger partial charge is 0.351 e. The molecule has 0 radical (unpaired) electrons. The molecule has 0 aliphatic rings. The van der Waals surface area contributed by atoms with Crippen molar-refractivity contribution in [2.24, 2.45) is 0 Å². The molecule has 0 aromatic carbocycles. The number of unbranched alkanes of at least 4 members (excludes halogenated alkanes) is 1. The molecule has 0 unspecified atom stereocenters. The van der Waals surface area contributed by atoms with E-state index in [9.17, 15) is 4.79 Å². The maximum atomic E-state index is 11.5. The van der Waals surface area contributed by atoms with E-state index < -0.39 is 11.6 Å². The highest BCUT2D eigenvalue weighted by molar-refractivity contribution is 5.79. The van der Waals surface area contributed by atoms with Crippen molar-refractivity contribution >= 4 is 5.97 Å². The standard InChI is InChI=1S/C10H17NO3/c1-4-6-7-10(5-2,14-8-11)9(12)13-3/h4-7H2,1-3H3/t10-/m0/s1. The number of nitrogens with zero attached hydrogens (tertiary/aromatic N) is 1. The topological polar surface area (TPSA) is 59.3 Å². The average molecular weight is 199 g/mol. The van der Waals surface area contributed by atoms with E-state index in [2.05, 4.69) is 4.74 Å². The maximum Gasteiger partial charge on any atom is 0.351 e. The monoisotopic (exact) mass is 199 g/mol. The minimum atomic E-state index is -1.07. The Morgan fingerprint density at radius 2 is 2.14 bits per heavy atom. The fraction of sp³-hybridized carbons (Fsp3) is 0.800. The molecule has 0 heterocycles. The number of methoxy groups -OCH3 is 1. The molecule has 0 saturated carbocycles. The molecule has 0 aliphatic carbocycles. The lowest BCUT2D eigenvalue weighted by molar-refractivity contribution is -0.163. The van der Waals surface area contributed by atoms with Gasteiger partial charge in [-0.2, -0.15) is 5.26 Å². The van der Waals surface area contributed by atoms with Gasteiger partial charge in [0, 0.05) is 0 Å². The van der Waals surface area contributed by atoms with Crippen molar-refractivity contribution in [1.29, 1.82) is 5.26 Å². The van der Waals surface area contributed by atoms with E-state index in [1.54, 1.807) is 6.26 Å². The van der Waals surface area contributed by atoms with Gasteiger partial charge in [-0.15, -0.1) is 0 Å². The zero-order valence-corrected chi connectivity index (χ0v) is 9.00. The summed E-state index contributed by atoms with van der Waals surface area (Å²) < 4.78 is 9.51. The van der Waals surface area contributed by atoms with Crippen LogP contribution in [0, 0.1) is 11.5 Å². The molecule has 0 aromatic rings. The molecular weight excluding hydrogens is 182 g/mol. The van der Waals surface area contributed by atoms with Crippen molar-refractivity contribution in [3.05, 3.63) is 0 Å². The van der Waals surface area contributed by atoms with Crippen LogP contribution in [0.3, 0.4) is 0 Å². The average Bonchev–Trinajstić information content (AvgIpc) is 2.23. The van der Waals surface area contributed by atoms with Crippen molar-refractivity contribution in [1.82, 2.24) is 0 Å². The third-order valence-electron chi connectivity index (χ3n) is 2.30. The molecule has 0 aromatic heterocycles. The van der Waals surface area contributed by atoms with Crippen molar-refractivity contribution in [3.8, 4) is 6.26 Å². The third kappa shape index (κ3) is 2.91. The van der Waals surface area contributed by atoms with Gasteiger partial charge < -0.3 is 9.47 Å². The van der Waals surface area contributed by atoms with E-state index >= 15 is 0 Å². The molecule has 0 saturated heterocycles. The van der Waals surface area contributed by atoms with Crippen LogP contribution in [-0.2, 0) is 14.3 Å². The van der Waals surface area contributed by atoms with E-state index in [0.29, 0.717) is 12.8 Å². The fourth-order valence-electron chi connectivity index (χ4n) is 1.32. The molecule has 0 spiro atoms. The number of carbonyl (C=O) groups is 1. The molecule has 1 atom stereocenters. The van der Waals surface area contributed by atoms with Gasteiger partial charge in [-0.3, -0.25) is 0 Å². The van der Waals surface area contributed by atoms with Crippen LogP contribution < -0.4 is 0 Å². The first-order valence-electron chi connectivity index (χ1n) is 4.82. The number of esters is 1. The Hall–Kier alpha value is -1.24. The SMILES string of the molecule is CCCC[C@](CC)(OC#N)C(=O)OC. The molecule has 0 aliphatic heterocycles. The second-order valence-electron chi connectivity index (χ2n) is 3.14. The van der Waals surface area contributed by atoms with Crippen LogP contribution >= 0.6 is 0 Å². The lowest BCUT2D eigenvalue weighted by Gasteiger charge is -2.26. The zero-order chi connectivity index (χ0) is 11.0. The van der Waals surface area contributed by atoms with Crippen LogP contribution in [0.4, 0.5) is 0 Å². The summed E-state index contributed by atoms with van der Waals surface area (Å²) in [6, 6.07) is 0. The maximum absolute atomic E-state index is 11.5. The summed E-state index contributed by atoms with van der Waals surface area (Å²) in [6.07, 6.45) is 4.35. The second-order valence-corrected chi connectivity index (χ2v) is 3.14. The molecule has 0 fully saturated rings. The first-order valence-corrected chi connectivity index (χ1v) is 4.82. The van der Waals surface area contributed by atoms with Gasteiger partial charge in [-0.1, -0.05) is 20.3 Å². The first-order chi connectivity index (χ1) is 6.66. The quantitative estimate of drug-likeness (QED) is 0.485. The molecule has 0 amide bonds. The van der Waals surface area contributed by atoms with Crippen LogP contribution in [0.1, 0.15) is 39.5 Å². The number of ether oxygens (including phenoxy) is 2. The number of rotatable bonds is 6. The second kappa shape index (κ2) is 6.25. The summed E-state index contributed by atoms with van der Waals surface area (Å²) in [4.78, 5) is 11.5. The molecule has 0 N–H and O–H groups in total. The summed E-state index contributed by atoms with van der Waals surface area (Å²) in [6.45, 7) is 3.83. The lowest BCUT2D eigenvalue weighted by Crippen LogP contribution is -2.40. The third-order valence-corrected chi connectivity index (χ3v) is 2.30. The number of carbonyl (C=O) groups excluding carboxylic acids is 1. The molecule has 0 bridgehead atoms. The minimum Gasteiger partial charge on any atom is -0.466 e. The number of hydrogen-bond donors (Lipinski definition) is 0. The predicted molar refractivity (Wildman–Crippen MR) is 51.3 cm³/mol. The fourth-order valence-corrected chi connectivity index (χ4v) is 1.32. The van der Waals surface area contributed by atoms with E-state index in [1.165, 1.54) is 7.11 Å². The zero-order valence-electron chi connectivity index (χ0n) is 9.00. The summed E-state index contributed by atoms with van der Waals surface area (Å²) >= 11 is 0. The molecule has 0 rings (SSSR count). The van der Waals surface area contributed by atoms with Crippen molar-refractivity contribution in [2.45, 2.75) is 45.1 Å². The summed E-state index contributed by atoms with van der Waals surface area (Å²) in [7, 11) is 1.30. The van der Waals surface area contributed by atoms with Crippen LogP contribution in [0.15, 0.2) is 0 Å². The Kier molecular flexibility index (Phi) is 5.70. The first kappa shape index (κ1) is 12.8. The highest BCUT2D eigenvalue weighted by Gasteiger charge is 2.39. The van der Waals surface area contributed by atoms with E-state index in [-0.39, 0.29) is 0 Å². The van der Waals surface area contributed by atoms with Gasteiger partial charge in [0.15, 0.2) is 0 Å². The van der Waals surface area contributed by atoms with Crippen molar-refractivity contribution in [2.75, 3.05) is 7.11 Å². The molecule has 80 valence electrons. The minimum absolute atomic E-state index is 0.452. The van der Waals surface area contributed by atoms with E-state index in [4.69, 9.17) is 10.00 Å². The van der Waals surface area contributed by atoms with E-state index in [1.807, 2.05) is 13.8 Å². The summed E-state index contributed by atoms with van der Waals surface area (Å²) in [5.74, 6) is -0.463. The molecular formula is C10H17NO3. The van der Waals surface area contributed by atoms with Gasteiger partial charge in [0.05, 0.1) is 7.11 Å². The Morgan fingerprint density at radius 3 is 2.50 bits per heavy atom. The number of nitriles is 1.